The smallest absolute Gasteiger partial charge is 0.273 e. The van der Waals surface area contributed by atoms with Crippen molar-refractivity contribution in [1.82, 2.24) is 24.9 Å². The van der Waals surface area contributed by atoms with Crippen molar-refractivity contribution in [2.45, 2.75) is 25.6 Å². The van der Waals surface area contributed by atoms with E-state index in [0.717, 1.165) is 5.69 Å². The molecule has 10 heteroatoms. The van der Waals surface area contributed by atoms with Gasteiger partial charge in [0.25, 0.3) is 5.91 Å². The monoisotopic (exact) mass is 340 g/mol. The Morgan fingerprint density at radius 3 is 2.96 bits per heavy atom. The number of H-pyrrole nitrogens is 1. The minimum atomic E-state index is -1.03. The summed E-state index contributed by atoms with van der Waals surface area (Å²) < 4.78 is 1.74. The van der Waals surface area contributed by atoms with Gasteiger partial charge in [-0.05, 0) is 12.5 Å². The second kappa shape index (κ2) is 6.19. The number of aromatic nitrogens is 4. The van der Waals surface area contributed by atoms with Crippen LogP contribution in [0.25, 0.3) is 0 Å². The topological polar surface area (TPSA) is 133 Å². The van der Waals surface area contributed by atoms with Crippen LogP contribution in [0.4, 0.5) is 5.82 Å². The summed E-state index contributed by atoms with van der Waals surface area (Å²) in [4.78, 5) is 14.2. The van der Waals surface area contributed by atoms with E-state index in [9.17, 15) is 9.90 Å². The zero-order chi connectivity index (χ0) is 16.6. The largest absolute Gasteiger partial charge is 0.393 e. The Balaban J connectivity index is 1.84. The standard InChI is InChI=1S/C13H17ClN6O3/c14-10-11(16-17-12(10)15)13(23)19-2-1-3-20-7(5-19)4-8(18-20)9(22)6-21/h4,9,21-22H,1-3,5-6H2,(H3,15,16,17)/t9-/m1/s1. The second-order valence-electron chi connectivity index (χ2n) is 5.36. The number of aliphatic hydroxyl groups excluding tert-OH is 2. The minimum Gasteiger partial charge on any atom is -0.393 e. The fraction of sp³-hybridized carbons (Fsp3) is 0.462. The first-order chi connectivity index (χ1) is 11.0. The normalized spacial score (nSPS) is 16.0. The average molecular weight is 341 g/mol. The minimum absolute atomic E-state index is 0.0863. The first kappa shape index (κ1) is 15.8. The quantitative estimate of drug-likeness (QED) is 0.617. The maximum absolute atomic E-state index is 12.6. The van der Waals surface area contributed by atoms with Crippen molar-refractivity contribution in [3.8, 4) is 0 Å². The Bertz CT molecular complexity index is 727. The molecule has 3 heterocycles. The van der Waals surface area contributed by atoms with Crippen LogP contribution in [0.15, 0.2) is 6.07 Å². The van der Waals surface area contributed by atoms with Crippen LogP contribution in [0.5, 0.6) is 0 Å². The van der Waals surface area contributed by atoms with E-state index in [1.807, 2.05) is 0 Å². The number of nitrogens with two attached hydrogens (primary N) is 1. The molecule has 3 rings (SSSR count). The Morgan fingerprint density at radius 1 is 1.52 bits per heavy atom. The van der Waals surface area contributed by atoms with Crippen molar-refractivity contribution < 1.29 is 15.0 Å². The summed E-state index contributed by atoms with van der Waals surface area (Å²) in [6.07, 6.45) is -0.323. The van der Waals surface area contributed by atoms with Crippen LogP contribution in [0.3, 0.4) is 0 Å². The van der Waals surface area contributed by atoms with E-state index in [4.69, 9.17) is 22.4 Å². The molecule has 9 nitrogen and oxygen atoms in total. The second-order valence-corrected chi connectivity index (χ2v) is 5.74. The number of halogens is 1. The lowest BCUT2D eigenvalue weighted by Gasteiger charge is -2.19. The van der Waals surface area contributed by atoms with Gasteiger partial charge in [-0.3, -0.25) is 14.6 Å². The maximum atomic E-state index is 12.6. The van der Waals surface area contributed by atoms with E-state index in [1.54, 1.807) is 15.6 Å². The van der Waals surface area contributed by atoms with Crippen LogP contribution in [-0.2, 0) is 13.1 Å². The van der Waals surface area contributed by atoms with Gasteiger partial charge < -0.3 is 20.8 Å². The van der Waals surface area contributed by atoms with Gasteiger partial charge in [0.15, 0.2) is 5.82 Å². The Kier molecular flexibility index (Phi) is 4.24. The molecule has 0 radical (unpaired) electrons. The highest BCUT2D eigenvalue weighted by Crippen LogP contribution is 2.24. The SMILES string of the molecule is Nc1n[nH]c(C(=O)N2CCCn3nc([C@H](O)CO)cc3C2)c1Cl. The summed E-state index contributed by atoms with van der Waals surface area (Å²) in [5.74, 6) is -0.207. The average Bonchev–Trinajstić information content (AvgIpc) is 3.03. The number of nitrogen functional groups attached to an aromatic ring is 1. The summed E-state index contributed by atoms with van der Waals surface area (Å²) >= 11 is 5.98. The van der Waals surface area contributed by atoms with Gasteiger partial charge >= 0.3 is 0 Å². The van der Waals surface area contributed by atoms with E-state index < -0.39 is 12.7 Å². The molecule has 0 saturated heterocycles. The maximum Gasteiger partial charge on any atom is 0.273 e. The number of rotatable bonds is 3. The Morgan fingerprint density at radius 2 is 2.30 bits per heavy atom. The summed E-state index contributed by atoms with van der Waals surface area (Å²) in [5.41, 5.74) is 6.89. The number of carbonyl (C=O) groups is 1. The Hall–Kier alpha value is -2.10. The molecule has 1 atom stereocenters. The van der Waals surface area contributed by atoms with Crippen LogP contribution in [-0.4, -0.2) is 54.1 Å². The van der Waals surface area contributed by atoms with Gasteiger partial charge in [0.05, 0.1) is 24.5 Å². The molecule has 1 aliphatic rings. The number of carbonyl (C=O) groups excluding carboxylic acids is 1. The number of anilines is 1. The van der Waals surface area contributed by atoms with E-state index in [-0.39, 0.29) is 22.4 Å². The third-order valence-electron chi connectivity index (χ3n) is 3.78. The number of aromatic amines is 1. The number of aryl methyl sites for hydroxylation is 1. The predicted octanol–water partition coefficient (Wildman–Crippen LogP) is -0.0864. The molecule has 2 aromatic heterocycles. The molecule has 5 N–H and O–H groups in total. The number of fused-ring (bicyclic) bond motifs is 1. The molecular formula is C13H17ClN6O3. The molecule has 1 amide bonds. The van der Waals surface area contributed by atoms with Crippen molar-refractivity contribution in [2.24, 2.45) is 0 Å². The lowest BCUT2D eigenvalue weighted by molar-refractivity contribution is 0.0739. The van der Waals surface area contributed by atoms with Gasteiger partial charge in [0, 0.05) is 13.1 Å². The van der Waals surface area contributed by atoms with E-state index in [0.29, 0.717) is 31.7 Å². The third kappa shape index (κ3) is 2.90. The summed E-state index contributed by atoms with van der Waals surface area (Å²) in [6, 6.07) is 1.69. The van der Waals surface area contributed by atoms with E-state index in [1.165, 1.54) is 0 Å². The van der Waals surface area contributed by atoms with Crippen LogP contribution < -0.4 is 5.73 Å². The molecule has 23 heavy (non-hydrogen) atoms. The number of amides is 1. The number of hydrogen-bond donors (Lipinski definition) is 4. The van der Waals surface area contributed by atoms with E-state index in [2.05, 4.69) is 15.3 Å². The van der Waals surface area contributed by atoms with Crippen LogP contribution in [0.1, 0.15) is 34.4 Å². The highest BCUT2D eigenvalue weighted by molar-refractivity contribution is 6.35. The van der Waals surface area contributed by atoms with Crippen molar-refractivity contribution in [3.05, 3.63) is 28.2 Å². The number of nitrogens with one attached hydrogen (secondary N) is 1. The molecule has 0 fully saturated rings. The lowest BCUT2D eigenvalue weighted by Crippen LogP contribution is -2.31. The van der Waals surface area contributed by atoms with Gasteiger partial charge in [-0.1, -0.05) is 11.6 Å². The molecule has 1 aliphatic heterocycles. The van der Waals surface area contributed by atoms with Crippen LogP contribution in [0, 0.1) is 0 Å². The zero-order valence-electron chi connectivity index (χ0n) is 12.2. The molecule has 0 unspecified atom stereocenters. The van der Waals surface area contributed by atoms with Crippen molar-refractivity contribution in [1.29, 1.82) is 0 Å². The molecular weight excluding hydrogens is 324 g/mol. The van der Waals surface area contributed by atoms with Gasteiger partial charge in [-0.2, -0.15) is 10.2 Å². The first-order valence-electron chi connectivity index (χ1n) is 7.15. The molecule has 0 bridgehead atoms. The van der Waals surface area contributed by atoms with E-state index >= 15 is 0 Å². The fourth-order valence-corrected chi connectivity index (χ4v) is 2.72. The van der Waals surface area contributed by atoms with Crippen LogP contribution >= 0.6 is 11.6 Å². The summed E-state index contributed by atoms with van der Waals surface area (Å²) in [5, 5.41) is 29.4. The molecule has 124 valence electrons. The third-order valence-corrected chi connectivity index (χ3v) is 4.16. The van der Waals surface area contributed by atoms with Gasteiger partial charge in [0.2, 0.25) is 0 Å². The van der Waals surface area contributed by atoms with Gasteiger partial charge in [-0.15, -0.1) is 0 Å². The molecule has 0 spiro atoms. The highest BCUT2D eigenvalue weighted by Gasteiger charge is 2.26. The molecule has 0 saturated carbocycles. The molecule has 0 aromatic carbocycles. The highest BCUT2D eigenvalue weighted by atomic mass is 35.5. The number of hydrogen-bond acceptors (Lipinski definition) is 6. The fourth-order valence-electron chi connectivity index (χ4n) is 2.56. The van der Waals surface area contributed by atoms with Gasteiger partial charge in [-0.25, -0.2) is 0 Å². The van der Waals surface area contributed by atoms with Crippen molar-refractivity contribution in [3.63, 3.8) is 0 Å². The predicted molar refractivity (Wildman–Crippen MR) is 81.6 cm³/mol. The first-order valence-corrected chi connectivity index (χ1v) is 7.53. The zero-order valence-corrected chi connectivity index (χ0v) is 13.0. The summed E-state index contributed by atoms with van der Waals surface area (Å²) in [6.45, 7) is 1.08. The van der Waals surface area contributed by atoms with Crippen molar-refractivity contribution >= 4 is 23.3 Å². The summed E-state index contributed by atoms with van der Waals surface area (Å²) in [7, 11) is 0. The van der Waals surface area contributed by atoms with Gasteiger partial charge in [0.1, 0.15) is 16.8 Å². The molecule has 0 aliphatic carbocycles. The number of nitrogens with zero attached hydrogens (tertiary/aromatic N) is 4. The number of aliphatic hydroxyl groups is 2. The Labute approximate surface area is 136 Å². The lowest BCUT2D eigenvalue weighted by atomic mass is 10.2. The molecule has 2 aromatic rings. The van der Waals surface area contributed by atoms with Crippen LogP contribution in [0.2, 0.25) is 5.02 Å². The van der Waals surface area contributed by atoms with Crippen molar-refractivity contribution in [2.75, 3.05) is 18.9 Å².